The SMILES string of the molecule is [Ir+3].[c-]1ccccc1-c1ccccn1.[c-]1ccccc1-c1ccccn1.[c-]1ccccc1-c1ccccn1.c1ccc2c(c1)c1ccccc1n2-c1ccc(-c2ccc(-n3c4ccccc4c4ccccc43)cc2)cc1. The molecule has 0 N–H and O–H groups in total. The smallest absolute Gasteiger partial charge is 0.309 e. The van der Waals surface area contributed by atoms with Crippen LogP contribution in [0.5, 0.6) is 0 Å². The zero-order chi connectivity index (χ0) is 49.7. The molecule has 9 aromatic carbocycles. The minimum absolute atomic E-state index is 0. The van der Waals surface area contributed by atoms with E-state index in [9.17, 15) is 0 Å². The largest absolute Gasteiger partial charge is 3.00 e. The van der Waals surface area contributed by atoms with Gasteiger partial charge in [0.2, 0.25) is 0 Å². The van der Waals surface area contributed by atoms with Gasteiger partial charge in [-0.15, -0.1) is 108 Å². The third kappa shape index (κ3) is 11.2. The number of para-hydroxylation sites is 4. The summed E-state index contributed by atoms with van der Waals surface area (Å²) in [6, 6.07) is 103. The Morgan fingerprint density at radius 1 is 0.253 bits per heavy atom. The van der Waals surface area contributed by atoms with Crippen LogP contribution in [0.4, 0.5) is 0 Å². The van der Waals surface area contributed by atoms with Crippen LogP contribution in [0.25, 0.3) is 99.9 Å². The van der Waals surface area contributed by atoms with E-state index in [1.165, 1.54) is 66.1 Å². The van der Waals surface area contributed by atoms with Gasteiger partial charge >= 0.3 is 20.1 Å². The van der Waals surface area contributed by atoms with Crippen molar-refractivity contribution in [2.45, 2.75) is 0 Å². The van der Waals surface area contributed by atoms with E-state index in [0.29, 0.717) is 0 Å². The molecule has 5 aromatic heterocycles. The Kier molecular flexibility index (Phi) is 15.7. The molecule has 14 aromatic rings. The summed E-state index contributed by atoms with van der Waals surface area (Å²) in [5, 5.41) is 5.14. The number of hydrogen-bond acceptors (Lipinski definition) is 3. The molecular weight excluding hydrogens is 1090 g/mol. The predicted octanol–water partition coefficient (Wildman–Crippen LogP) is 17.2. The van der Waals surface area contributed by atoms with Crippen molar-refractivity contribution in [2.75, 3.05) is 0 Å². The fourth-order valence-corrected chi connectivity index (χ4v) is 9.23. The zero-order valence-electron chi connectivity index (χ0n) is 40.8. The van der Waals surface area contributed by atoms with Gasteiger partial charge in [0.05, 0.1) is 22.1 Å². The Labute approximate surface area is 451 Å². The van der Waals surface area contributed by atoms with E-state index >= 15 is 0 Å². The summed E-state index contributed by atoms with van der Waals surface area (Å²) >= 11 is 0. The van der Waals surface area contributed by atoms with E-state index in [4.69, 9.17) is 0 Å². The standard InChI is InChI=1S/C36H24N2.3C11H8N.Ir/c1-5-13-33-29(9-1)30-10-2-6-14-34(30)37(33)27-21-17-25(18-22-27)26-19-23-28(24-20-26)38-35-15-7-3-11-31(35)32-12-4-8-16-36(32)38;3*1-2-6-10(7-3-1)11-8-4-5-9-12-11;/h1-24H;3*1-6,8-9H;/q;3*-1;+3. The molecule has 0 saturated carbocycles. The molecule has 0 spiro atoms. The van der Waals surface area contributed by atoms with Crippen LogP contribution in [-0.2, 0) is 20.1 Å². The minimum Gasteiger partial charge on any atom is -0.309 e. The molecule has 0 fully saturated rings. The maximum atomic E-state index is 4.22. The molecule has 0 radical (unpaired) electrons. The van der Waals surface area contributed by atoms with Gasteiger partial charge in [0, 0.05) is 51.5 Å². The second kappa shape index (κ2) is 23.9. The average Bonchev–Trinajstić information content (AvgIpc) is 4.05. The molecule has 0 amide bonds. The predicted molar refractivity (Wildman–Crippen MR) is 306 cm³/mol. The van der Waals surface area contributed by atoms with Crippen LogP contribution in [0.2, 0.25) is 0 Å². The summed E-state index contributed by atoms with van der Waals surface area (Å²) in [6.45, 7) is 0. The topological polar surface area (TPSA) is 48.5 Å². The molecule has 0 bridgehead atoms. The Bertz CT molecular complexity index is 3460. The van der Waals surface area contributed by atoms with Gasteiger partial charge in [-0.25, -0.2) is 0 Å². The second-order valence-corrected chi connectivity index (χ2v) is 17.3. The van der Waals surface area contributed by atoms with Crippen LogP contribution in [0.15, 0.2) is 292 Å². The Balaban J connectivity index is 0.000000140. The van der Waals surface area contributed by atoms with Crippen molar-refractivity contribution in [2.24, 2.45) is 0 Å². The van der Waals surface area contributed by atoms with Crippen LogP contribution < -0.4 is 0 Å². The van der Waals surface area contributed by atoms with Gasteiger partial charge in [-0.3, -0.25) is 0 Å². The maximum Gasteiger partial charge on any atom is 3.00 e. The van der Waals surface area contributed by atoms with Crippen molar-refractivity contribution < 1.29 is 20.1 Å². The number of pyridine rings is 3. The second-order valence-electron chi connectivity index (χ2n) is 17.3. The van der Waals surface area contributed by atoms with Crippen molar-refractivity contribution >= 4 is 43.6 Å². The average molecular weight is 1140 g/mol. The fraction of sp³-hybridized carbons (Fsp3) is 0. The van der Waals surface area contributed by atoms with Crippen LogP contribution in [0, 0.1) is 18.2 Å². The molecule has 5 nitrogen and oxygen atoms in total. The monoisotopic (exact) mass is 1140 g/mol. The number of rotatable bonds is 6. The van der Waals surface area contributed by atoms with Crippen LogP contribution in [-0.4, -0.2) is 24.1 Å². The summed E-state index contributed by atoms with van der Waals surface area (Å²) < 4.78 is 4.72. The molecule has 0 aliphatic carbocycles. The number of fused-ring (bicyclic) bond motifs is 6. The van der Waals surface area contributed by atoms with E-state index in [0.717, 1.165) is 33.8 Å². The zero-order valence-corrected chi connectivity index (χ0v) is 43.2. The van der Waals surface area contributed by atoms with E-state index in [2.05, 4.69) is 188 Å². The molecule has 0 atom stereocenters. The first kappa shape index (κ1) is 49.3. The van der Waals surface area contributed by atoms with Gasteiger partial charge in [0.15, 0.2) is 0 Å². The van der Waals surface area contributed by atoms with Crippen LogP contribution >= 0.6 is 0 Å². The van der Waals surface area contributed by atoms with Crippen molar-refractivity contribution in [1.29, 1.82) is 0 Å². The van der Waals surface area contributed by atoms with Gasteiger partial charge in [-0.2, -0.15) is 0 Å². The maximum absolute atomic E-state index is 4.22. The number of nitrogens with zero attached hydrogens (tertiary/aromatic N) is 5. The van der Waals surface area contributed by atoms with Crippen molar-refractivity contribution in [3.63, 3.8) is 0 Å². The third-order valence-electron chi connectivity index (χ3n) is 12.7. The summed E-state index contributed by atoms with van der Waals surface area (Å²) in [5.41, 5.74) is 15.7. The molecule has 75 heavy (non-hydrogen) atoms. The van der Waals surface area contributed by atoms with Crippen molar-refractivity contribution in [1.82, 2.24) is 24.1 Å². The Morgan fingerprint density at radius 2 is 0.520 bits per heavy atom. The Morgan fingerprint density at radius 3 is 0.773 bits per heavy atom. The van der Waals surface area contributed by atoms with E-state index in [1.54, 1.807) is 18.6 Å². The van der Waals surface area contributed by atoms with E-state index in [1.807, 2.05) is 127 Å². The van der Waals surface area contributed by atoms with Gasteiger partial charge in [0.1, 0.15) is 0 Å². The van der Waals surface area contributed by atoms with Crippen LogP contribution in [0.3, 0.4) is 0 Å². The van der Waals surface area contributed by atoms with Gasteiger partial charge in [0.25, 0.3) is 0 Å². The molecule has 0 unspecified atom stereocenters. The van der Waals surface area contributed by atoms with Gasteiger partial charge in [-0.1, -0.05) is 133 Å². The van der Waals surface area contributed by atoms with E-state index in [-0.39, 0.29) is 20.1 Å². The van der Waals surface area contributed by atoms with Gasteiger partial charge in [-0.05, 0) is 94.9 Å². The molecule has 0 saturated heterocycles. The Hall–Kier alpha value is -9.32. The van der Waals surface area contributed by atoms with Crippen LogP contribution in [0.1, 0.15) is 0 Å². The summed E-state index contributed by atoms with van der Waals surface area (Å²) in [6.07, 6.45) is 5.36. The normalized spacial score (nSPS) is 10.6. The van der Waals surface area contributed by atoms with Gasteiger partial charge < -0.3 is 24.1 Å². The molecule has 0 aliphatic rings. The molecule has 6 heteroatoms. The third-order valence-corrected chi connectivity index (χ3v) is 12.7. The number of aromatic nitrogens is 5. The summed E-state index contributed by atoms with van der Waals surface area (Å²) in [5.74, 6) is 0. The first-order valence-corrected chi connectivity index (χ1v) is 24.6. The first-order valence-electron chi connectivity index (χ1n) is 24.6. The molecule has 358 valence electrons. The minimum atomic E-state index is 0. The molecule has 14 rings (SSSR count). The summed E-state index contributed by atoms with van der Waals surface area (Å²) in [7, 11) is 0. The quantitative estimate of drug-likeness (QED) is 0.156. The summed E-state index contributed by atoms with van der Waals surface area (Å²) in [4.78, 5) is 12.7. The molecule has 0 aliphatic heterocycles. The van der Waals surface area contributed by atoms with E-state index < -0.39 is 0 Å². The van der Waals surface area contributed by atoms with Crippen molar-refractivity contribution in [3.05, 3.63) is 310 Å². The number of hydrogen-bond donors (Lipinski definition) is 0. The number of benzene rings is 9. The first-order chi connectivity index (χ1) is 36.8. The molecular formula is C69H48IrN5. The fourth-order valence-electron chi connectivity index (χ4n) is 9.23. The van der Waals surface area contributed by atoms with Crippen molar-refractivity contribution in [3.8, 4) is 56.3 Å². The molecule has 5 heterocycles.